The van der Waals surface area contributed by atoms with Crippen LogP contribution in [-0.2, 0) is 0 Å². The molecule has 0 N–H and O–H groups in total. The van der Waals surface area contributed by atoms with E-state index < -0.39 is 0 Å². The van der Waals surface area contributed by atoms with E-state index in [0.29, 0.717) is 0 Å². The first-order chi connectivity index (χ1) is 26.3. The highest BCUT2D eigenvalue weighted by Gasteiger charge is 2.22. The quantitative estimate of drug-likeness (QED) is 0.161. The fourth-order valence-corrected chi connectivity index (χ4v) is 10.6. The molecule has 0 fully saturated rings. The van der Waals surface area contributed by atoms with E-state index in [4.69, 9.17) is 0 Å². The second-order valence-corrected chi connectivity index (χ2v) is 15.8. The number of hydrogen-bond donors (Lipinski definition) is 0. The minimum atomic E-state index is 1.13. The number of thiophene rings is 2. The summed E-state index contributed by atoms with van der Waals surface area (Å²) in [5.74, 6) is 0. The second kappa shape index (κ2) is 12.2. The van der Waals surface area contributed by atoms with Gasteiger partial charge in [0.1, 0.15) is 0 Å². The molecule has 248 valence electrons. The maximum absolute atomic E-state index is 2.52. The van der Waals surface area contributed by atoms with Crippen molar-refractivity contribution in [2.45, 2.75) is 0 Å². The fraction of sp³-hybridized carbons (Fsp3) is 0. The largest absolute Gasteiger partial charge is 0.308 e. The molecule has 11 rings (SSSR count). The molecule has 0 aliphatic carbocycles. The zero-order chi connectivity index (χ0) is 34.9. The molecule has 0 saturated carbocycles. The molecular formula is C50H31NS2. The molecule has 0 aliphatic rings. The van der Waals surface area contributed by atoms with Gasteiger partial charge in [-0.1, -0.05) is 146 Å². The Morgan fingerprint density at radius 2 is 0.962 bits per heavy atom. The Hall–Kier alpha value is -6.26. The average Bonchev–Trinajstić information content (AvgIpc) is 3.80. The number of hydrogen-bond acceptors (Lipinski definition) is 3. The summed E-state index contributed by atoms with van der Waals surface area (Å²) in [6, 6.07) is 69.3. The van der Waals surface area contributed by atoms with E-state index in [0.717, 1.165) is 5.69 Å². The lowest BCUT2D eigenvalue weighted by atomic mass is 9.92. The van der Waals surface area contributed by atoms with Crippen molar-refractivity contribution in [3.8, 4) is 22.3 Å². The third-order valence-corrected chi connectivity index (χ3v) is 13.0. The SMILES string of the molecule is c1ccc(-c2ccc(N(c3cc4ccccc4c4ccccc34)c3cccc4c3sc3ccccc34)cc2-c2ccc3c(c2)sc2ccccc23)cc1. The van der Waals surface area contributed by atoms with Gasteiger partial charge >= 0.3 is 0 Å². The van der Waals surface area contributed by atoms with Crippen LogP contribution in [0.5, 0.6) is 0 Å². The highest BCUT2D eigenvalue weighted by molar-refractivity contribution is 7.26. The summed E-state index contributed by atoms with van der Waals surface area (Å²) in [5, 5.41) is 10.2. The molecule has 2 aromatic heterocycles. The van der Waals surface area contributed by atoms with Crippen LogP contribution in [0.25, 0.3) is 84.1 Å². The van der Waals surface area contributed by atoms with E-state index >= 15 is 0 Å². The zero-order valence-corrected chi connectivity index (χ0v) is 30.3. The van der Waals surface area contributed by atoms with Gasteiger partial charge in [0.15, 0.2) is 0 Å². The standard InChI is InChI=1S/C50H31NS2/c1-2-13-32(14-3-1)37-28-26-35(31-44(37)34-25-27-42-40-19-8-10-23-47(40)52-49(42)30-34)51(45-22-12-21-43-41-20-9-11-24-48(41)53-50(43)45)46-29-33-15-4-5-16-36(33)38-17-6-7-18-39(38)46/h1-31H. The first-order valence-electron chi connectivity index (χ1n) is 18.0. The molecule has 3 heteroatoms. The summed E-state index contributed by atoms with van der Waals surface area (Å²) in [6.45, 7) is 0. The van der Waals surface area contributed by atoms with Gasteiger partial charge < -0.3 is 4.90 Å². The van der Waals surface area contributed by atoms with Crippen molar-refractivity contribution in [2.24, 2.45) is 0 Å². The first-order valence-corrected chi connectivity index (χ1v) is 19.6. The fourth-order valence-electron chi connectivity index (χ4n) is 8.21. The van der Waals surface area contributed by atoms with Crippen LogP contribution in [0.3, 0.4) is 0 Å². The smallest absolute Gasteiger partial charge is 0.0640 e. The number of fused-ring (bicyclic) bond motifs is 9. The molecule has 53 heavy (non-hydrogen) atoms. The monoisotopic (exact) mass is 709 g/mol. The molecule has 0 spiro atoms. The van der Waals surface area contributed by atoms with Gasteiger partial charge in [0.25, 0.3) is 0 Å². The molecular weight excluding hydrogens is 679 g/mol. The van der Waals surface area contributed by atoms with Gasteiger partial charge in [0.05, 0.1) is 16.1 Å². The van der Waals surface area contributed by atoms with Crippen molar-refractivity contribution in [3.63, 3.8) is 0 Å². The topological polar surface area (TPSA) is 3.24 Å². The Balaban J connectivity index is 1.22. The molecule has 0 bridgehead atoms. The molecule has 0 aliphatic heterocycles. The summed E-state index contributed by atoms with van der Waals surface area (Å²) < 4.78 is 5.21. The van der Waals surface area contributed by atoms with E-state index in [1.165, 1.54) is 95.5 Å². The molecule has 0 unspecified atom stereocenters. The van der Waals surface area contributed by atoms with Gasteiger partial charge in [-0.2, -0.15) is 0 Å². The van der Waals surface area contributed by atoms with Crippen molar-refractivity contribution < 1.29 is 0 Å². The lowest BCUT2D eigenvalue weighted by Crippen LogP contribution is -2.11. The van der Waals surface area contributed by atoms with E-state index in [9.17, 15) is 0 Å². The van der Waals surface area contributed by atoms with E-state index in [1.807, 2.05) is 22.7 Å². The van der Waals surface area contributed by atoms with E-state index in [2.05, 4.69) is 193 Å². The highest BCUT2D eigenvalue weighted by Crippen LogP contribution is 2.49. The van der Waals surface area contributed by atoms with Crippen LogP contribution in [0.4, 0.5) is 17.1 Å². The molecule has 0 atom stereocenters. The summed E-state index contributed by atoms with van der Waals surface area (Å²) in [7, 11) is 0. The van der Waals surface area contributed by atoms with Crippen LogP contribution >= 0.6 is 22.7 Å². The maximum atomic E-state index is 2.52. The van der Waals surface area contributed by atoms with Gasteiger partial charge in [0.2, 0.25) is 0 Å². The van der Waals surface area contributed by atoms with Crippen LogP contribution in [0.2, 0.25) is 0 Å². The molecule has 0 radical (unpaired) electrons. The van der Waals surface area contributed by atoms with Gasteiger partial charge in [-0.3, -0.25) is 0 Å². The van der Waals surface area contributed by atoms with Crippen molar-refractivity contribution in [1.29, 1.82) is 0 Å². The zero-order valence-electron chi connectivity index (χ0n) is 28.7. The second-order valence-electron chi connectivity index (χ2n) is 13.7. The molecule has 9 aromatic carbocycles. The van der Waals surface area contributed by atoms with E-state index in [1.54, 1.807) is 0 Å². The number of rotatable bonds is 5. The van der Waals surface area contributed by atoms with Crippen molar-refractivity contribution >= 4 is 102 Å². The maximum Gasteiger partial charge on any atom is 0.0640 e. The van der Waals surface area contributed by atoms with E-state index in [-0.39, 0.29) is 0 Å². The summed E-state index contributed by atoms with van der Waals surface area (Å²) in [5.41, 5.74) is 8.34. The van der Waals surface area contributed by atoms with Crippen LogP contribution < -0.4 is 4.90 Å². The predicted octanol–water partition coefficient (Wildman–Crippen LogP) is 15.5. The highest BCUT2D eigenvalue weighted by atomic mass is 32.1. The van der Waals surface area contributed by atoms with Crippen LogP contribution in [-0.4, -0.2) is 0 Å². The average molecular weight is 710 g/mol. The minimum Gasteiger partial charge on any atom is -0.308 e. The summed E-state index contributed by atoms with van der Waals surface area (Å²) >= 11 is 3.75. The van der Waals surface area contributed by atoms with Crippen LogP contribution in [0.1, 0.15) is 0 Å². The van der Waals surface area contributed by atoms with Crippen molar-refractivity contribution in [2.75, 3.05) is 4.90 Å². The molecule has 2 heterocycles. The summed E-state index contributed by atoms with van der Waals surface area (Å²) in [6.07, 6.45) is 0. The van der Waals surface area contributed by atoms with Gasteiger partial charge in [0, 0.05) is 46.7 Å². The van der Waals surface area contributed by atoms with Gasteiger partial charge in [-0.15, -0.1) is 22.7 Å². The normalized spacial score (nSPS) is 11.8. The van der Waals surface area contributed by atoms with Crippen molar-refractivity contribution in [3.05, 3.63) is 188 Å². The van der Waals surface area contributed by atoms with Crippen molar-refractivity contribution in [1.82, 2.24) is 0 Å². The Morgan fingerprint density at radius 1 is 0.321 bits per heavy atom. The van der Waals surface area contributed by atoms with Crippen LogP contribution in [0, 0.1) is 0 Å². The Labute approximate surface area is 315 Å². The third-order valence-electron chi connectivity index (χ3n) is 10.6. The molecule has 0 amide bonds. The lowest BCUT2D eigenvalue weighted by molar-refractivity contribution is 1.32. The molecule has 11 aromatic rings. The number of nitrogens with zero attached hydrogens (tertiary/aromatic N) is 1. The van der Waals surface area contributed by atoms with Crippen LogP contribution in [0.15, 0.2) is 188 Å². The molecule has 0 saturated heterocycles. The predicted molar refractivity (Wildman–Crippen MR) is 233 cm³/mol. The lowest BCUT2D eigenvalue weighted by Gasteiger charge is -2.29. The number of benzene rings is 9. The third kappa shape index (κ3) is 4.89. The molecule has 1 nitrogen and oxygen atoms in total. The Kier molecular flexibility index (Phi) is 6.97. The Bertz CT molecular complexity index is 3190. The number of anilines is 3. The Morgan fingerprint density at radius 3 is 1.79 bits per heavy atom. The van der Waals surface area contributed by atoms with Gasteiger partial charge in [-0.25, -0.2) is 0 Å². The van der Waals surface area contributed by atoms with Gasteiger partial charge in [-0.05, 0) is 80.9 Å². The minimum absolute atomic E-state index is 1.13. The summed E-state index contributed by atoms with van der Waals surface area (Å²) in [4.78, 5) is 2.52. The first kappa shape index (κ1) is 30.4.